The number of nitrogens with one attached hydrogen (secondary N) is 1. The van der Waals surface area contributed by atoms with Gasteiger partial charge >= 0.3 is 0 Å². The van der Waals surface area contributed by atoms with E-state index < -0.39 is 0 Å². The van der Waals surface area contributed by atoms with E-state index >= 15 is 0 Å². The predicted molar refractivity (Wildman–Crippen MR) is 74.5 cm³/mol. The lowest BCUT2D eigenvalue weighted by molar-refractivity contribution is 0.386. The van der Waals surface area contributed by atoms with Crippen molar-refractivity contribution in [3.8, 4) is 0 Å². The van der Waals surface area contributed by atoms with Gasteiger partial charge in [0, 0.05) is 5.39 Å². The summed E-state index contributed by atoms with van der Waals surface area (Å²) >= 11 is 0. The fourth-order valence-corrected chi connectivity index (χ4v) is 2.77. The zero-order chi connectivity index (χ0) is 13.4. The Kier molecular flexibility index (Phi) is 3.31. The van der Waals surface area contributed by atoms with Gasteiger partial charge in [0.2, 0.25) is 0 Å². The molecule has 102 valence electrons. The van der Waals surface area contributed by atoms with E-state index in [-0.39, 0.29) is 11.9 Å². The summed E-state index contributed by atoms with van der Waals surface area (Å²) in [4.78, 5) is 0. The molecule has 1 aromatic heterocycles. The molecule has 0 amide bonds. The van der Waals surface area contributed by atoms with Gasteiger partial charge in [-0.15, -0.1) is 0 Å². The fourth-order valence-electron chi connectivity index (χ4n) is 2.77. The van der Waals surface area contributed by atoms with Crippen molar-refractivity contribution >= 4 is 11.0 Å². The molecule has 1 aromatic carbocycles. The molecule has 1 aliphatic carbocycles. The van der Waals surface area contributed by atoms with Gasteiger partial charge in [0.25, 0.3) is 0 Å². The van der Waals surface area contributed by atoms with E-state index in [9.17, 15) is 4.39 Å². The van der Waals surface area contributed by atoms with Crippen LogP contribution in [0.2, 0.25) is 0 Å². The van der Waals surface area contributed by atoms with Gasteiger partial charge < -0.3 is 9.73 Å². The van der Waals surface area contributed by atoms with E-state index in [0.717, 1.165) is 35.6 Å². The molecular weight excluding hydrogens is 241 g/mol. The minimum atomic E-state index is -0.210. The first-order valence-electron chi connectivity index (χ1n) is 7.11. The highest BCUT2D eigenvalue weighted by Crippen LogP contribution is 2.47. The number of hydrogen-bond acceptors (Lipinski definition) is 2. The predicted octanol–water partition coefficient (Wildman–Crippen LogP) is 4.27. The normalized spacial score (nSPS) is 23.7. The number of halogens is 1. The second kappa shape index (κ2) is 4.97. The van der Waals surface area contributed by atoms with Crippen LogP contribution in [0.1, 0.15) is 38.5 Å². The first-order chi connectivity index (χ1) is 9.19. The van der Waals surface area contributed by atoms with Gasteiger partial charge in [0.05, 0.1) is 6.04 Å². The summed E-state index contributed by atoms with van der Waals surface area (Å²) in [5.74, 6) is 2.14. The van der Waals surface area contributed by atoms with E-state index in [1.807, 2.05) is 6.07 Å². The molecule has 1 N–H and O–H groups in total. The Morgan fingerprint density at radius 2 is 2.21 bits per heavy atom. The van der Waals surface area contributed by atoms with E-state index in [4.69, 9.17) is 4.42 Å². The average molecular weight is 261 g/mol. The third-order valence-electron chi connectivity index (χ3n) is 4.02. The standard InChI is InChI=1S/C16H20FNO/c1-3-6-18-16(13-7-10(13)2)15-9-11-8-12(17)4-5-14(11)19-15/h4-5,8-10,13,16,18H,3,6-7H2,1-2H3. The van der Waals surface area contributed by atoms with Crippen molar-refractivity contribution < 1.29 is 8.81 Å². The molecule has 0 bridgehead atoms. The minimum Gasteiger partial charge on any atom is -0.459 e. The van der Waals surface area contributed by atoms with Gasteiger partial charge in [-0.3, -0.25) is 0 Å². The average Bonchev–Trinajstić information content (AvgIpc) is 2.95. The Morgan fingerprint density at radius 3 is 2.89 bits per heavy atom. The highest BCUT2D eigenvalue weighted by atomic mass is 19.1. The maximum atomic E-state index is 13.2. The topological polar surface area (TPSA) is 25.2 Å². The van der Waals surface area contributed by atoms with Crippen LogP contribution in [0.15, 0.2) is 28.7 Å². The largest absolute Gasteiger partial charge is 0.459 e. The summed E-state index contributed by atoms with van der Waals surface area (Å²) in [6.07, 6.45) is 2.35. The van der Waals surface area contributed by atoms with Crippen LogP contribution in [-0.2, 0) is 0 Å². The molecule has 1 aliphatic rings. The van der Waals surface area contributed by atoms with Crippen LogP contribution in [0.4, 0.5) is 4.39 Å². The van der Waals surface area contributed by atoms with Gasteiger partial charge in [0.15, 0.2) is 0 Å². The summed E-state index contributed by atoms with van der Waals surface area (Å²) in [6.45, 7) is 5.42. The summed E-state index contributed by atoms with van der Waals surface area (Å²) in [6, 6.07) is 6.95. The molecule has 0 spiro atoms. The highest BCUT2D eigenvalue weighted by molar-refractivity contribution is 5.78. The van der Waals surface area contributed by atoms with Crippen molar-refractivity contribution in [2.24, 2.45) is 11.8 Å². The molecule has 2 aromatic rings. The Labute approximate surface area is 113 Å². The van der Waals surface area contributed by atoms with Crippen LogP contribution in [0.25, 0.3) is 11.0 Å². The maximum Gasteiger partial charge on any atom is 0.134 e. The SMILES string of the molecule is CCCNC(c1cc2cc(F)ccc2o1)C1CC1C. The molecule has 1 heterocycles. The second-order valence-corrected chi connectivity index (χ2v) is 5.64. The zero-order valence-electron chi connectivity index (χ0n) is 11.4. The lowest BCUT2D eigenvalue weighted by atomic mass is 10.1. The molecule has 3 rings (SSSR count). The summed E-state index contributed by atoms with van der Waals surface area (Å²) in [7, 11) is 0. The van der Waals surface area contributed by atoms with Crippen LogP contribution in [0.5, 0.6) is 0 Å². The molecule has 19 heavy (non-hydrogen) atoms. The first kappa shape index (κ1) is 12.7. The zero-order valence-corrected chi connectivity index (χ0v) is 11.4. The van der Waals surface area contributed by atoms with Crippen molar-refractivity contribution in [2.75, 3.05) is 6.54 Å². The van der Waals surface area contributed by atoms with Crippen LogP contribution in [0.3, 0.4) is 0 Å². The van der Waals surface area contributed by atoms with Crippen molar-refractivity contribution in [3.63, 3.8) is 0 Å². The van der Waals surface area contributed by atoms with Crippen molar-refractivity contribution in [1.29, 1.82) is 0 Å². The number of hydrogen-bond donors (Lipinski definition) is 1. The van der Waals surface area contributed by atoms with E-state index in [1.54, 1.807) is 6.07 Å². The monoisotopic (exact) mass is 261 g/mol. The van der Waals surface area contributed by atoms with Gasteiger partial charge in [0.1, 0.15) is 17.2 Å². The maximum absolute atomic E-state index is 13.2. The number of rotatable bonds is 5. The summed E-state index contributed by atoms with van der Waals surface area (Å²) in [5, 5.41) is 4.42. The molecule has 2 nitrogen and oxygen atoms in total. The van der Waals surface area contributed by atoms with Gasteiger partial charge in [-0.2, -0.15) is 0 Å². The quantitative estimate of drug-likeness (QED) is 0.869. The third kappa shape index (κ3) is 2.52. The van der Waals surface area contributed by atoms with Gasteiger partial charge in [-0.05, 0) is 55.5 Å². The number of benzene rings is 1. The second-order valence-electron chi connectivity index (χ2n) is 5.64. The molecule has 3 unspecified atom stereocenters. The fraction of sp³-hybridized carbons (Fsp3) is 0.500. The number of furan rings is 1. The Balaban J connectivity index is 1.90. The van der Waals surface area contributed by atoms with Crippen LogP contribution in [0, 0.1) is 17.7 Å². The van der Waals surface area contributed by atoms with Crippen molar-refractivity contribution in [3.05, 3.63) is 35.8 Å². The van der Waals surface area contributed by atoms with E-state index in [2.05, 4.69) is 19.2 Å². The lowest BCUT2D eigenvalue weighted by Gasteiger charge is -2.15. The van der Waals surface area contributed by atoms with E-state index in [0.29, 0.717) is 5.92 Å². The molecule has 3 atom stereocenters. The van der Waals surface area contributed by atoms with Gasteiger partial charge in [-0.25, -0.2) is 4.39 Å². The first-order valence-corrected chi connectivity index (χ1v) is 7.11. The Hall–Kier alpha value is -1.35. The van der Waals surface area contributed by atoms with Crippen LogP contribution in [-0.4, -0.2) is 6.54 Å². The highest BCUT2D eigenvalue weighted by Gasteiger charge is 2.41. The summed E-state index contributed by atoms with van der Waals surface area (Å²) in [5.41, 5.74) is 0.771. The molecular formula is C16H20FNO. The third-order valence-corrected chi connectivity index (χ3v) is 4.02. The molecule has 0 radical (unpaired) electrons. The van der Waals surface area contributed by atoms with Crippen LogP contribution >= 0.6 is 0 Å². The molecule has 1 fully saturated rings. The molecule has 1 saturated carbocycles. The van der Waals surface area contributed by atoms with E-state index in [1.165, 1.54) is 18.6 Å². The van der Waals surface area contributed by atoms with Gasteiger partial charge in [-0.1, -0.05) is 13.8 Å². The summed E-state index contributed by atoms with van der Waals surface area (Å²) < 4.78 is 19.1. The minimum absolute atomic E-state index is 0.210. The lowest BCUT2D eigenvalue weighted by Crippen LogP contribution is -2.23. The Bertz CT molecular complexity index is 577. The Morgan fingerprint density at radius 1 is 1.42 bits per heavy atom. The number of fused-ring (bicyclic) bond motifs is 1. The molecule has 0 saturated heterocycles. The smallest absolute Gasteiger partial charge is 0.134 e. The van der Waals surface area contributed by atoms with Crippen LogP contribution < -0.4 is 5.32 Å². The molecule has 0 aliphatic heterocycles. The van der Waals surface area contributed by atoms with Crippen molar-refractivity contribution in [2.45, 2.75) is 32.7 Å². The van der Waals surface area contributed by atoms with Crippen molar-refractivity contribution in [1.82, 2.24) is 5.32 Å². The molecule has 3 heteroatoms.